The molecule has 23 heavy (non-hydrogen) atoms. The fourth-order valence-electron chi connectivity index (χ4n) is 2.48. The maximum Gasteiger partial charge on any atom is 0.227 e. The van der Waals surface area contributed by atoms with Crippen molar-refractivity contribution in [1.29, 1.82) is 0 Å². The summed E-state index contributed by atoms with van der Waals surface area (Å²) in [7, 11) is 1.62. The molecule has 130 valence electrons. The molecule has 1 aromatic carbocycles. The first-order valence-corrected chi connectivity index (χ1v) is 8.34. The average Bonchev–Trinajstić information content (AvgIpc) is 2.60. The third kappa shape index (κ3) is 4.86. The number of carbonyl (C=O) groups excluding carboxylic acids is 1. The largest absolute Gasteiger partial charge is 0.493 e. The topological polar surface area (TPSA) is 73.6 Å². The first kappa shape index (κ1) is 19.3. The Labute approximate surface area is 139 Å². The molecule has 3 N–H and O–H groups in total. The molecule has 5 nitrogen and oxygen atoms in total. The van der Waals surface area contributed by atoms with Gasteiger partial charge in [-0.05, 0) is 37.0 Å². The predicted molar refractivity (Wildman–Crippen MR) is 92.7 cm³/mol. The van der Waals surface area contributed by atoms with E-state index in [4.69, 9.17) is 15.2 Å². The van der Waals surface area contributed by atoms with Crippen molar-refractivity contribution in [3.05, 3.63) is 23.8 Å². The highest BCUT2D eigenvalue weighted by molar-refractivity contribution is 5.82. The number of hydrogen-bond donors (Lipinski definition) is 2. The van der Waals surface area contributed by atoms with Gasteiger partial charge in [-0.2, -0.15) is 0 Å². The predicted octanol–water partition coefficient (Wildman–Crippen LogP) is 2.87. The van der Waals surface area contributed by atoms with Gasteiger partial charge in [0.25, 0.3) is 0 Å². The first-order chi connectivity index (χ1) is 11.1. The van der Waals surface area contributed by atoms with Crippen molar-refractivity contribution in [3.8, 4) is 11.5 Å². The number of nitrogens with two attached hydrogens (primary N) is 1. The smallest absolute Gasteiger partial charge is 0.227 e. The zero-order valence-electron chi connectivity index (χ0n) is 14.8. The van der Waals surface area contributed by atoms with E-state index in [9.17, 15) is 4.79 Å². The number of ether oxygens (including phenoxy) is 2. The van der Waals surface area contributed by atoms with Gasteiger partial charge in [-0.25, -0.2) is 0 Å². The molecule has 0 radical (unpaired) electrons. The van der Waals surface area contributed by atoms with Crippen LogP contribution in [0, 0.1) is 5.41 Å². The summed E-state index contributed by atoms with van der Waals surface area (Å²) in [6, 6.07) is 5.72. The van der Waals surface area contributed by atoms with E-state index in [0.29, 0.717) is 25.4 Å². The maximum absolute atomic E-state index is 12.4. The highest BCUT2D eigenvalue weighted by Gasteiger charge is 2.32. The van der Waals surface area contributed by atoms with Crippen molar-refractivity contribution in [2.45, 2.75) is 46.6 Å². The second-order valence-corrected chi connectivity index (χ2v) is 5.71. The molecule has 1 aromatic rings. The van der Waals surface area contributed by atoms with Gasteiger partial charge in [-0.1, -0.05) is 26.8 Å². The maximum atomic E-state index is 12.4. The summed E-state index contributed by atoms with van der Waals surface area (Å²) in [4.78, 5) is 12.4. The molecule has 1 rings (SSSR count). The number of benzene rings is 1. The average molecular weight is 322 g/mol. The molecule has 0 aromatic heterocycles. The number of methoxy groups -OCH3 is 1. The van der Waals surface area contributed by atoms with E-state index >= 15 is 0 Å². The lowest BCUT2D eigenvalue weighted by atomic mass is 9.81. The Morgan fingerprint density at radius 1 is 1.22 bits per heavy atom. The van der Waals surface area contributed by atoms with Gasteiger partial charge in [0.2, 0.25) is 5.91 Å². The molecule has 1 amide bonds. The second-order valence-electron chi connectivity index (χ2n) is 5.71. The summed E-state index contributed by atoms with van der Waals surface area (Å²) >= 11 is 0. The van der Waals surface area contributed by atoms with Gasteiger partial charge in [0.15, 0.2) is 11.5 Å². The molecule has 0 saturated heterocycles. The van der Waals surface area contributed by atoms with Crippen LogP contribution in [0.25, 0.3) is 0 Å². The van der Waals surface area contributed by atoms with Crippen LogP contribution in [0.4, 0.5) is 0 Å². The minimum absolute atomic E-state index is 0.00952. The zero-order chi connectivity index (χ0) is 17.3. The molecule has 0 spiro atoms. The van der Waals surface area contributed by atoms with E-state index in [1.807, 2.05) is 32.0 Å². The van der Waals surface area contributed by atoms with Crippen molar-refractivity contribution in [2.24, 2.45) is 11.1 Å². The van der Waals surface area contributed by atoms with Gasteiger partial charge in [-0.15, -0.1) is 0 Å². The van der Waals surface area contributed by atoms with Gasteiger partial charge in [0, 0.05) is 13.1 Å². The molecular weight excluding hydrogens is 292 g/mol. The highest BCUT2D eigenvalue weighted by Crippen LogP contribution is 2.29. The Kier molecular flexibility index (Phi) is 7.89. The summed E-state index contributed by atoms with van der Waals surface area (Å²) in [5.41, 5.74) is 6.30. The van der Waals surface area contributed by atoms with Gasteiger partial charge < -0.3 is 20.5 Å². The summed E-state index contributed by atoms with van der Waals surface area (Å²) in [6.45, 7) is 7.52. The van der Waals surface area contributed by atoms with Gasteiger partial charge in [0.05, 0.1) is 19.1 Å². The Bertz CT molecular complexity index is 491. The molecule has 0 aliphatic carbocycles. The van der Waals surface area contributed by atoms with Crippen molar-refractivity contribution in [2.75, 3.05) is 20.3 Å². The van der Waals surface area contributed by atoms with Crippen molar-refractivity contribution >= 4 is 5.91 Å². The number of amides is 1. The van der Waals surface area contributed by atoms with Crippen LogP contribution in [-0.2, 0) is 11.3 Å². The summed E-state index contributed by atoms with van der Waals surface area (Å²) in [5, 5.41) is 2.99. The molecular formula is C18H30N2O3. The van der Waals surface area contributed by atoms with Crippen molar-refractivity contribution < 1.29 is 14.3 Å². The molecule has 5 heteroatoms. The van der Waals surface area contributed by atoms with E-state index in [0.717, 1.165) is 30.6 Å². The molecule has 0 heterocycles. The van der Waals surface area contributed by atoms with Crippen LogP contribution in [-0.4, -0.2) is 26.2 Å². The summed E-state index contributed by atoms with van der Waals surface area (Å²) < 4.78 is 11.0. The summed E-state index contributed by atoms with van der Waals surface area (Å²) in [6.07, 6.45) is 2.41. The fourth-order valence-corrected chi connectivity index (χ4v) is 2.48. The number of nitrogens with one attached hydrogen (secondary N) is 1. The number of rotatable bonds is 10. The van der Waals surface area contributed by atoms with Gasteiger partial charge in [-0.3, -0.25) is 4.79 Å². The van der Waals surface area contributed by atoms with Crippen LogP contribution in [0.5, 0.6) is 11.5 Å². The van der Waals surface area contributed by atoms with Crippen LogP contribution < -0.4 is 20.5 Å². The Morgan fingerprint density at radius 3 is 2.43 bits per heavy atom. The van der Waals surface area contributed by atoms with E-state index in [1.54, 1.807) is 7.11 Å². The number of hydrogen-bond acceptors (Lipinski definition) is 4. The fraction of sp³-hybridized carbons (Fsp3) is 0.611. The van der Waals surface area contributed by atoms with E-state index < -0.39 is 5.41 Å². The van der Waals surface area contributed by atoms with Crippen molar-refractivity contribution in [1.82, 2.24) is 5.32 Å². The lowest BCUT2D eigenvalue weighted by molar-refractivity contribution is -0.131. The standard InChI is InChI=1S/C18H30N2O3/c1-5-10-23-15-9-8-14(11-16(15)22-4)12-20-17(21)18(6-2,7-3)13-19/h8-9,11H,5-7,10,12-13,19H2,1-4H3,(H,20,21). The van der Waals surface area contributed by atoms with Gasteiger partial charge in [0.1, 0.15) is 0 Å². The second kappa shape index (κ2) is 9.40. The SMILES string of the molecule is CCCOc1ccc(CNC(=O)C(CC)(CC)CN)cc1OC. The zero-order valence-corrected chi connectivity index (χ0v) is 14.8. The Morgan fingerprint density at radius 2 is 1.91 bits per heavy atom. The van der Waals surface area contributed by atoms with Crippen LogP contribution in [0.3, 0.4) is 0 Å². The van der Waals surface area contributed by atoms with E-state index in [2.05, 4.69) is 12.2 Å². The first-order valence-electron chi connectivity index (χ1n) is 8.34. The van der Waals surface area contributed by atoms with E-state index in [1.165, 1.54) is 0 Å². The molecule has 0 fully saturated rings. The lowest BCUT2D eigenvalue weighted by Crippen LogP contribution is -2.45. The Hall–Kier alpha value is -1.75. The quantitative estimate of drug-likeness (QED) is 0.695. The minimum atomic E-state index is -0.478. The number of carbonyl (C=O) groups is 1. The molecule has 0 atom stereocenters. The Balaban J connectivity index is 2.76. The molecule has 0 saturated carbocycles. The monoisotopic (exact) mass is 322 g/mol. The summed E-state index contributed by atoms with van der Waals surface area (Å²) in [5.74, 6) is 1.42. The lowest BCUT2D eigenvalue weighted by Gasteiger charge is -2.28. The third-order valence-corrected chi connectivity index (χ3v) is 4.37. The molecule has 0 bridgehead atoms. The van der Waals surface area contributed by atoms with Crippen LogP contribution in [0.15, 0.2) is 18.2 Å². The van der Waals surface area contributed by atoms with E-state index in [-0.39, 0.29) is 5.91 Å². The van der Waals surface area contributed by atoms with Crippen LogP contribution >= 0.6 is 0 Å². The van der Waals surface area contributed by atoms with Crippen molar-refractivity contribution in [3.63, 3.8) is 0 Å². The van der Waals surface area contributed by atoms with Crippen LogP contribution in [0.1, 0.15) is 45.6 Å². The third-order valence-electron chi connectivity index (χ3n) is 4.37. The molecule has 0 aliphatic rings. The molecule has 0 aliphatic heterocycles. The van der Waals surface area contributed by atoms with Gasteiger partial charge >= 0.3 is 0 Å². The highest BCUT2D eigenvalue weighted by atomic mass is 16.5. The molecule has 0 unspecified atom stereocenters. The normalized spacial score (nSPS) is 11.2. The van der Waals surface area contributed by atoms with Crippen LogP contribution in [0.2, 0.25) is 0 Å². The minimum Gasteiger partial charge on any atom is -0.493 e.